The molecule has 0 amide bonds. The lowest BCUT2D eigenvalue weighted by atomic mass is 9.97. The molecule has 13 heavy (non-hydrogen) atoms. The van der Waals surface area contributed by atoms with Gasteiger partial charge in [-0.25, -0.2) is 0 Å². The number of hydrogen-bond acceptors (Lipinski definition) is 2. The Morgan fingerprint density at radius 2 is 2.15 bits per heavy atom. The van der Waals surface area contributed by atoms with Crippen LogP contribution >= 0.6 is 0 Å². The van der Waals surface area contributed by atoms with Gasteiger partial charge in [0.1, 0.15) is 0 Å². The highest BCUT2D eigenvalue weighted by Gasteiger charge is 2.27. The van der Waals surface area contributed by atoms with Crippen molar-refractivity contribution in [3.63, 3.8) is 0 Å². The first kappa shape index (κ1) is 11.0. The molecule has 1 fully saturated rings. The molecule has 0 aromatic rings. The zero-order valence-electron chi connectivity index (χ0n) is 9.34. The molecule has 2 heteroatoms. The van der Waals surface area contributed by atoms with Crippen LogP contribution in [0.3, 0.4) is 0 Å². The van der Waals surface area contributed by atoms with Crippen LogP contribution in [0.15, 0.2) is 0 Å². The quantitative estimate of drug-likeness (QED) is 0.727. The van der Waals surface area contributed by atoms with Crippen LogP contribution in [-0.2, 0) is 4.74 Å². The fourth-order valence-corrected chi connectivity index (χ4v) is 1.89. The summed E-state index contributed by atoms with van der Waals surface area (Å²) in [4.78, 5) is 0. The molecule has 0 aromatic heterocycles. The van der Waals surface area contributed by atoms with Gasteiger partial charge < -0.3 is 10.1 Å². The predicted molar refractivity (Wildman–Crippen MR) is 55.9 cm³/mol. The largest absolute Gasteiger partial charge is 0.372 e. The lowest BCUT2D eigenvalue weighted by Crippen LogP contribution is -2.51. The lowest BCUT2D eigenvalue weighted by Gasteiger charge is -2.36. The summed E-state index contributed by atoms with van der Waals surface area (Å²) in [5.41, 5.74) is 0. The number of morpholine rings is 1. The van der Waals surface area contributed by atoms with Crippen LogP contribution in [0.5, 0.6) is 0 Å². The molecule has 0 aliphatic carbocycles. The summed E-state index contributed by atoms with van der Waals surface area (Å²) in [6, 6.07) is 0.505. The van der Waals surface area contributed by atoms with Crippen LogP contribution < -0.4 is 5.32 Å². The van der Waals surface area contributed by atoms with Gasteiger partial charge in [0, 0.05) is 12.6 Å². The van der Waals surface area contributed by atoms with Crippen molar-refractivity contribution in [2.75, 3.05) is 6.54 Å². The van der Waals surface area contributed by atoms with E-state index in [1.807, 2.05) is 0 Å². The minimum Gasteiger partial charge on any atom is -0.372 e. The standard InChI is InChI=1S/C11H23NO/c1-5-6-8(2)11-7-12-9(3)10(4)13-11/h8-12H,5-7H2,1-4H3. The molecule has 4 atom stereocenters. The summed E-state index contributed by atoms with van der Waals surface area (Å²) in [6.45, 7) is 9.89. The van der Waals surface area contributed by atoms with Crippen molar-refractivity contribution in [1.82, 2.24) is 5.32 Å². The first-order valence-corrected chi connectivity index (χ1v) is 5.54. The molecule has 1 N–H and O–H groups in total. The van der Waals surface area contributed by atoms with Crippen LogP contribution in [0.25, 0.3) is 0 Å². The molecule has 0 spiro atoms. The van der Waals surface area contributed by atoms with Gasteiger partial charge in [-0.1, -0.05) is 20.3 Å². The summed E-state index contributed by atoms with van der Waals surface area (Å²) in [5, 5.41) is 3.50. The van der Waals surface area contributed by atoms with E-state index in [0.29, 0.717) is 24.2 Å². The Hall–Kier alpha value is -0.0800. The molecule has 2 nitrogen and oxygen atoms in total. The maximum Gasteiger partial charge on any atom is 0.0729 e. The molecular formula is C11H23NO. The normalized spacial score (nSPS) is 37.4. The second-order valence-electron chi connectivity index (χ2n) is 4.34. The number of ether oxygens (including phenoxy) is 1. The third kappa shape index (κ3) is 2.96. The second kappa shape index (κ2) is 4.97. The Morgan fingerprint density at radius 1 is 1.46 bits per heavy atom. The van der Waals surface area contributed by atoms with Gasteiger partial charge in [0.05, 0.1) is 12.2 Å². The molecule has 4 unspecified atom stereocenters. The second-order valence-corrected chi connectivity index (χ2v) is 4.34. The van der Waals surface area contributed by atoms with Crippen LogP contribution in [-0.4, -0.2) is 24.8 Å². The van der Waals surface area contributed by atoms with Gasteiger partial charge in [-0.15, -0.1) is 0 Å². The molecule has 1 aliphatic heterocycles. The first-order valence-electron chi connectivity index (χ1n) is 5.54. The third-order valence-electron chi connectivity index (χ3n) is 3.11. The zero-order chi connectivity index (χ0) is 9.84. The van der Waals surface area contributed by atoms with Crippen molar-refractivity contribution >= 4 is 0 Å². The summed E-state index contributed by atoms with van der Waals surface area (Å²) >= 11 is 0. The zero-order valence-corrected chi connectivity index (χ0v) is 9.34. The van der Waals surface area contributed by atoms with Crippen LogP contribution in [0.2, 0.25) is 0 Å². The molecule has 78 valence electrons. The summed E-state index contributed by atoms with van der Waals surface area (Å²) in [6.07, 6.45) is 3.31. The Labute approximate surface area is 82.0 Å². The smallest absolute Gasteiger partial charge is 0.0729 e. The Balaban J connectivity index is 2.36. The van der Waals surface area contributed by atoms with Crippen LogP contribution in [0, 0.1) is 5.92 Å². The molecule has 1 saturated heterocycles. The monoisotopic (exact) mass is 185 g/mol. The lowest BCUT2D eigenvalue weighted by molar-refractivity contribution is -0.0738. The van der Waals surface area contributed by atoms with E-state index in [1.54, 1.807) is 0 Å². The van der Waals surface area contributed by atoms with Crippen molar-refractivity contribution in [2.45, 2.75) is 58.8 Å². The molecule has 1 heterocycles. The minimum absolute atomic E-state index is 0.359. The van der Waals surface area contributed by atoms with Crippen LogP contribution in [0.1, 0.15) is 40.5 Å². The van der Waals surface area contributed by atoms with E-state index in [2.05, 4.69) is 33.0 Å². The topological polar surface area (TPSA) is 21.3 Å². The van der Waals surface area contributed by atoms with E-state index in [0.717, 1.165) is 6.54 Å². The van der Waals surface area contributed by atoms with Gasteiger partial charge >= 0.3 is 0 Å². The maximum absolute atomic E-state index is 5.95. The van der Waals surface area contributed by atoms with Crippen molar-refractivity contribution in [1.29, 1.82) is 0 Å². The van der Waals surface area contributed by atoms with Gasteiger partial charge in [-0.2, -0.15) is 0 Å². The number of nitrogens with one attached hydrogen (secondary N) is 1. The van der Waals surface area contributed by atoms with Crippen molar-refractivity contribution in [3.05, 3.63) is 0 Å². The van der Waals surface area contributed by atoms with Crippen molar-refractivity contribution < 1.29 is 4.74 Å². The number of hydrogen-bond donors (Lipinski definition) is 1. The molecule has 0 radical (unpaired) electrons. The van der Waals surface area contributed by atoms with Gasteiger partial charge in [-0.3, -0.25) is 0 Å². The van der Waals surface area contributed by atoms with E-state index in [1.165, 1.54) is 12.8 Å². The first-order chi connectivity index (χ1) is 6.15. The average molecular weight is 185 g/mol. The highest BCUT2D eigenvalue weighted by molar-refractivity contribution is 4.81. The fourth-order valence-electron chi connectivity index (χ4n) is 1.89. The van der Waals surface area contributed by atoms with E-state index >= 15 is 0 Å². The summed E-state index contributed by atoms with van der Waals surface area (Å²) in [7, 11) is 0. The summed E-state index contributed by atoms with van der Waals surface area (Å²) in [5.74, 6) is 0.687. The predicted octanol–water partition coefficient (Wildman–Crippen LogP) is 2.19. The van der Waals surface area contributed by atoms with Gasteiger partial charge in [0.2, 0.25) is 0 Å². The Bertz CT molecular complexity index is 149. The highest BCUT2D eigenvalue weighted by atomic mass is 16.5. The molecule has 1 rings (SSSR count). The van der Waals surface area contributed by atoms with E-state index in [4.69, 9.17) is 4.74 Å². The average Bonchev–Trinajstić information content (AvgIpc) is 2.10. The third-order valence-corrected chi connectivity index (χ3v) is 3.11. The van der Waals surface area contributed by atoms with Crippen molar-refractivity contribution in [2.24, 2.45) is 5.92 Å². The Kier molecular flexibility index (Phi) is 4.20. The maximum atomic E-state index is 5.95. The van der Waals surface area contributed by atoms with Crippen LogP contribution in [0.4, 0.5) is 0 Å². The SMILES string of the molecule is CCCC(C)C1CNC(C)C(C)O1. The van der Waals surface area contributed by atoms with Crippen molar-refractivity contribution in [3.8, 4) is 0 Å². The molecule has 0 bridgehead atoms. The molecule has 1 aliphatic rings. The van der Waals surface area contributed by atoms with E-state index in [-0.39, 0.29) is 0 Å². The van der Waals surface area contributed by atoms with E-state index < -0.39 is 0 Å². The molecule has 0 aromatic carbocycles. The van der Waals surface area contributed by atoms with Gasteiger partial charge in [0.15, 0.2) is 0 Å². The molecule has 0 saturated carbocycles. The van der Waals surface area contributed by atoms with E-state index in [9.17, 15) is 0 Å². The fraction of sp³-hybridized carbons (Fsp3) is 1.00. The summed E-state index contributed by atoms with van der Waals surface area (Å²) < 4.78 is 5.95. The Morgan fingerprint density at radius 3 is 2.69 bits per heavy atom. The molecular weight excluding hydrogens is 162 g/mol. The minimum atomic E-state index is 0.359. The van der Waals surface area contributed by atoms with Gasteiger partial charge in [-0.05, 0) is 26.2 Å². The highest BCUT2D eigenvalue weighted by Crippen LogP contribution is 2.19. The number of rotatable bonds is 3. The van der Waals surface area contributed by atoms with Gasteiger partial charge in [0.25, 0.3) is 0 Å².